The van der Waals surface area contributed by atoms with E-state index in [-0.39, 0.29) is 0 Å². The van der Waals surface area contributed by atoms with Gasteiger partial charge in [-0.15, -0.1) is 5.73 Å². The Morgan fingerprint density at radius 1 is 1.05 bits per heavy atom. The summed E-state index contributed by atoms with van der Waals surface area (Å²) in [4.78, 5) is 2.42. The van der Waals surface area contributed by atoms with Gasteiger partial charge in [-0.2, -0.15) is 0 Å². The van der Waals surface area contributed by atoms with Gasteiger partial charge in [0.1, 0.15) is 0 Å². The molecule has 0 unspecified atom stereocenters. The highest BCUT2D eigenvalue weighted by molar-refractivity contribution is 5.69. The topological polar surface area (TPSA) is 29.3 Å². The van der Waals surface area contributed by atoms with Crippen molar-refractivity contribution < 1.29 is 0 Å². The molecule has 1 aliphatic rings. The Bertz CT molecular complexity index is 673. The van der Waals surface area contributed by atoms with E-state index in [1.807, 2.05) is 6.08 Å². The number of hydrogen-bond donors (Lipinski definition) is 1. The van der Waals surface area contributed by atoms with Gasteiger partial charge in [0.05, 0.1) is 0 Å². The van der Waals surface area contributed by atoms with E-state index in [1.54, 1.807) is 0 Å². The van der Waals surface area contributed by atoms with Crippen LogP contribution in [-0.4, -0.2) is 19.1 Å². The fourth-order valence-corrected chi connectivity index (χ4v) is 2.95. The van der Waals surface area contributed by atoms with Crippen molar-refractivity contribution >= 4 is 11.8 Å². The Morgan fingerprint density at radius 3 is 2.45 bits per heavy atom. The largest absolute Gasteiger partial charge is 0.371 e. The molecule has 0 radical (unpaired) electrons. The number of piperidine rings is 1. The molecule has 0 spiro atoms. The quantitative estimate of drug-likeness (QED) is 0.863. The predicted octanol–water partition coefficient (Wildman–Crippen LogP) is 4.08. The molecule has 1 fully saturated rings. The third-order valence-corrected chi connectivity index (χ3v) is 4.26. The third-order valence-electron chi connectivity index (χ3n) is 4.26. The number of nitrogens with two attached hydrogens (primary N) is 1. The molecule has 3 rings (SSSR count). The van der Waals surface area contributed by atoms with Crippen LogP contribution in [-0.2, 0) is 0 Å². The van der Waals surface area contributed by atoms with E-state index in [0.29, 0.717) is 6.04 Å². The van der Waals surface area contributed by atoms with Crippen molar-refractivity contribution in [1.29, 1.82) is 0 Å². The highest BCUT2D eigenvalue weighted by Crippen LogP contribution is 2.25. The first-order chi connectivity index (χ1) is 10.8. The molecule has 0 saturated carbocycles. The van der Waals surface area contributed by atoms with Crippen LogP contribution in [0.2, 0.25) is 0 Å². The lowest BCUT2D eigenvalue weighted by Gasteiger charge is -2.32. The van der Waals surface area contributed by atoms with Gasteiger partial charge in [0, 0.05) is 24.8 Å². The Labute approximate surface area is 132 Å². The minimum atomic E-state index is 0.371. The molecule has 0 amide bonds. The molecule has 2 aromatic rings. The van der Waals surface area contributed by atoms with Gasteiger partial charge >= 0.3 is 0 Å². The van der Waals surface area contributed by atoms with Gasteiger partial charge in [-0.05, 0) is 53.8 Å². The Morgan fingerprint density at radius 2 is 1.77 bits per heavy atom. The smallest absolute Gasteiger partial charge is 0.0366 e. The van der Waals surface area contributed by atoms with Crippen LogP contribution >= 0.6 is 0 Å². The summed E-state index contributed by atoms with van der Waals surface area (Å²) in [6.45, 7) is 5.74. The van der Waals surface area contributed by atoms with Crippen LogP contribution in [0.1, 0.15) is 18.4 Å². The Kier molecular flexibility index (Phi) is 4.43. The number of hydrogen-bond acceptors (Lipinski definition) is 2. The second kappa shape index (κ2) is 6.65. The summed E-state index contributed by atoms with van der Waals surface area (Å²) < 4.78 is 0. The minimum absolute atomic E-state index is 0.371. The molecule has 2 aromatic carbocycles. The van der Waals surface area contributed by atoms with E-state index in [4.69, 9.17) is 5.73 Å². The molecule has 0 bridgehead atoms. The first-order valence-electron chi connectivity index (χ1n) is 7.83. The lowest BCUT2D eigenvalue weighted by molar-refractivity contribution is 0.501. The van der Waals surface area contributed by atoms with E-state index in [9.17, 15) is 0 Å². The van der Waals surface area contributed by atoms with Gasteiger partial charge < -0.3 is 10.6 Å². The van der Waals surface area contributed by atoms with Crippen LogP contribution < -0.4 is 10.6 Å². The lowest BCUT2D eigenvalue weighted by Crippen LogP contribution is -2.39. The molecular formula is C20H22N2. The zero-order valence-corrected chi connectivity index (χ0v) is 12.8. The van der Waals surface area contributed by atoms with Crippen LogP contribution in [0.4, 0.5) is 5.69 Å². The van der Waals surface area contributed by atoms with Crippen molar-refractivity contribution in [2.45, 2.75) is 18.9 Å². The minimum Gasteiger partial charge on any atom is -0.371 e. The number of anilines is 1. The van der Waals surface area contributed by atoms with E-state index in [0.717, 1.165) is 31.5 Å². The van der Waals surface area contributed by atoms with E-state index < -0.39 is 0 Å². The monoisotopic (exact) mass is 290 g/mol. The Hall–Kier alpha value is -2.28. The maximum absolute atomic E-state index is 5.97. The van der Waals surface area contributed by atoms with Crippen molar-refractivity contribution in [2.75, 3.05) is 18.0 Å². The highest BCUT2D eigenvalue weighted by atomic mass is 15.1. The first-order valence-corrected chi connectivity index (χ1v) is 7.83. The molecular weight excluding hydrogens is 268 g/mol. The highest BCUT2D eigenvalue weighted by Gasteiger charge is 2.16. The molecule has 22 heavy (non-hydrogen) atoms. The molecule has 1 saturated heterocycles. The first kappa shape index (κ1) is 14.6. The van der Waals surface area contributed by atoms with Crippen molar-refractivity contribution in [3.63, 3.8) is 0 Å². The van der Waals surface area contributed by atoms with Gasteiger partial charge in [-0.3, -0.25) is 0 Å². The number of rotatable bonds is 3. The second-order valence-electron chi connectivity index (χ2n) is 5.85. The summed E-state index contributed by atoms with van der Waals surface area (Å²) in [5, 5.41) is 0. The molecule has 1 aliphatic heterocycles. The van der Waals surface area contributed by atoms with E-state index in [2.05, 4.69) is 65.7 Å². The molecule has 1 heterocycles. The summed E-state index contributed by atoms with van der Waals surface area (Å²) in [5.74, 6) is 0. The SMILES string of the molecule is C=C=Cc1cccc(-c2ccc(N3CCC(N)CC3)cc2)c1. The average Bonchev–Trinajstić information content (AvgIpc) is 2.56. The number of nitrogens with zero attached hydrogens (tertiary/aromatic N) is 1. The fraction of sp³-hybridized carbons (Fsp3) is 0.250. The average molecular weight is 290 g/mol. The number of benzene rings is 2. The van der Waals surface area contributed by atoms with Crippen molar-refractivity contribution in [3.8, 4) is 11.1 Å². The van der Waals surface area contributed by atoms with Crippen molar-refractivity contribution in [3.05, 3.63) is 66.4 Å². The summed E-state index contributed by atoms with van der Waals surface area (Å²) in [6, 6.07) is 17.6. The second-order valence-corrected chi connectivity index (χ2v) is 5.85. The summed E-state index contributed by atoms with van der Waals surface area (Å²) in [7, 11) is 0. The fourth-order valence-electron chi connectivity index (χ4n) is 2.95. The zero-order chi connectivity index (χ0) is 15.4. The van der Waals surface area contributed by atoms with E-state index >= 15 is 0 Å². The molecule has 0 aliphatic carbocycles. The van der Waals surface area contributed by atoms with Gasteiger partial charge in [0.25, 0.3) is 0 Å². The van der Waals surface area contributed by atoms with Crippen LogP contribution in [0.5, 0.6) is 0 Å². The van der Waals surface area contributed by atoms with Crippen LogP contribution in [0.3, 0.4) is 0 Å². The van der Waals surface area contributed by atoms with Crippen LogP contribution in [0, 0.1) is 0 Å². The lowest BCUT2D eigenvalue weighted by atomic mass is 10.0. The summed E-state index contributed by atoms with van der Waals surface area (Å²) in [5.41, 5.74) is 13.7. The maximum atomic E-state index is 5.97. The molecule has 2 nitrogen and oxygen atoms in total. The molecule has 0 atom stereocenters. The predicted molar refractivity (Wildman–Crippen MR) is 94.9 cm³/mol. The standard InChI is InChI=1S/C20H22N2/c1-2-4-16-5-3-6-18(15-16)17-7-9-20(10-8-17)22-13-11-19(21)12-14-22/h3-10,15,19H,1,11-14,21H2. The van der Waals surface area contributed by atoms with Gasteiger partial charge in [0.2, 0.25) is 0 Å². The molecule has 112 valence electrons. The van der Waals surface area contributed by atoms with Gasteiger partial charge in [0.15, 0.2) is 0 Å². The Balaban J connectivity index is 1.79. The molecule has 2 N–H and O–H groups in total. The summed E-state index contributed by atoms with van der Waals surface area (Å²) >= 11 is 0. The van der Waals surface area contributed by atoms with Crippen LogP contribution in [0.25, 0.3) is 17.2 Å². The van der Waals surface area contributed by atoms with Gasteiger partial charge in [-0.25, -0.2) is 0 Å². The van der Waals surface area contributed by atoms with Crippen molar-refractivity contribution in [1.82, 2.24) is 0 Å². The summed E-state index contributed by atoms with van der Waals surface area (Å²) in [6.07, 6.45) is 4.06. The van der Waals surface area contributed by atoms with Crippen LogP contribution in [0.15, 0.2) is 60.8 Å². The third kappa shape index (κ3) is 3.30. The van der Waals surface area contributed by atoms with Gasteiger partial charge in [-0.1, -0.05) is 36.9 Å². The normalized spacial score (nSPS) is 15.4. The molecule has 0 aromatic heterocycles. The van der Waals surface area contributed by atoms with Crippen molar-refractivity contribution in [2.24, 2.45) is 5.73 Å². The van der Waals surface area contributed by atoms with E-state index in [1.165, 1.54) is 16.8 Å². The molecule has 2 heteroatoms. The zero-order valence-electron chi connectivity index (χ0n) is 12.8. The maximum Gasteiger partial charge on any atom is 0.0366 e.